The van der Waals surface area contributed by atoms with Crippen LogP contribution in [-0.4, -0.2) is 27.1 Å². The lowest BCUT2D eigenvalue weighted by atomic mass is 10.1. The highest BCUT2D eigenvalue weighted by molar-refractivity contribution is 6.07. The lowest BCUT2D eigenvalue weighted by Crippen LogP contribution is -2.32. The molecule has 6 nitrogen and oxygen atoms in total. The van der Waals surface area contributed by atoms with E-state index in [-0.39, 0.29) is 11.9 Å². The third kappa shape index (κ3) is 3.53. The van der Waals surface area contributed by atoms with Crippen LogP contribution in [0.15, 0.2) is 54.9 Å². The Hall–Kier alpha value is -3.41. The number of para-hydroxylation sites is 1. The predicted octanol–water partition coefficient (Wildman–Crippen LogP) is 4.40. The number of aromatic nitrogens is 3. The summed E-state index contributed by atoms with van der Waals surface area (Å²) in [6.07, 6.45) is 8.05. The number of hydrogen-bond donors (Lipinski definition) is 3. The normalized spacial score (nSPS) is 14.5. The molecule has 0 spiro atoms. The first kappa shape index (κ1) is 17.7. The van der Waals surface area contributed by atoms with Crippen LogP contribution in [0.3, 0.4) is 0 Å². The van der Waals surface area contributed by atoms with Gasteiger partial charge < -0.3 is 10.6 Å². The van der Waals surface area contributed by atoms with Crippen molar-refractivity contribution in [1.29, 1.82) is 0 Å². The second kappa shape index (κ2) is 7.54. The van der Waals surface area contributed by atoms with Crippen LogP contribution >= 0.6 is 0 Å². The molecule has 29 heavy (non-hydrogen) atoms. The first-order valence-electron chi connectivity index (χ1n) is 10.1. The number of carbonyl (C=O) groups is 1. The Labute approximate surface area is 168 Å². The summed E-state index contributed by atoms with van der Waals surface area (Å²) < 4.78 is 0. The largest absolute Gasteiger partial charge is 0.381 e. The maximum Gasteiger partial charge on any atom is 0.252 e. The molecule has 2 heterocycles. The van der Waals surface area contributed by atoms with Gasteiger partial charge in [-0.1, -0.05) is 31.0 Å². The van der Waals surface area contributed by atoms with Crippen LogP contribution in [-0.2, 0) is 6.54 Å². The van der Waals surface area contributed by atoms with Gasteiger partial charge >= 0.3 is 0 Å². The molecule has 0 unspecified atom stereocenters. The molecule has 6 heteroatoms. The van der Waals surface area contributed by atoms with Gasteiger partial charge in [0.2, 0.25) is 0 Å². The highest BCUT2D eigenvalue weighted by atomic mass is 16.1. The van der Waals surface area contributed by atoms with Gasteiger partial charge in [-0.25, -0.2) is 0 Å². The van der Waals surface area contributed by atoms with Gasteiger partial charge in [-0.15, -0.1) is 0 Å². The first-order chi connectivity index (χ1) is 14.3. The molecule has 0 bridgehead atoms. The van der Waals surface area contributed by atoms with E-state index < -0.39 is 0 Å². The van der Waals surface area contributed by atoms with Crippen LogP contribution in [0.2, 0.25) is 0 Å². The van der Waals surface area contributed by atoms with Gasteiger partial charge in [0.1, 0.15) is 0 Å². The van der Waals surface area contributed by atoms with E-state index in [4.69, 9.17) is 0 Å². The molecule has 1 aliphatic carbocycles. The zero-order valence-electron chi connectivity index (χ0n) is 16.1. The van der Waals surface area contributed by atoms with E-state index >= 15 is 0 Å². The van der Waals surface area contributed by atoms with Crippen molar-refractivity contribution < 1.29 is 4.79 Å². The van der Waals surface area contributed by atoms with Crippen molar-refractivity contribution in [3.8, 4) is 0 Å². The summed E-state index contributed by atoms with van der Waals surface area (Å²) in [4.78, 5) is 17.3. The Morgan fingerprint density at radius 1 is 1.10 bits per heavy atom. The molecule has 146 valence electrons. The Morgan fingerprint density at radius 2 is 1.97 bits per heavy atom. The third-order valence-electron chi connectivity index (χ3n) is 5.72. The highest BCUT2D eigenvalue weighted by Gasteiger charge is 2.20. The fourth-order valence-electron chi connectivity index (χ4n) is 4.18. The van der Waals surface area contributed by atoms with Crippen LogP contribution in [0.4, 0.5) is 5.69 Å². The van der Waals surface area contributed by atoms with Gasteiger partial charge in [-0.05, 0) is 42.7 Å². The molecule has 0 radical (unpaired) electrons. The van der Waals surface area contributed by atoms with Crippen LogP contribution in [0.1, 0.15) is 41.6 Å². The monoisotopic (exact) mass is 385 g/mol. The summed E-state index contributed by atoms with van der Waals surface area (Å²) in [6, 6.07) is 14.3. The molecule has 3 N–H and O–H groups in total. The van der Waals surface area contributed by atoms with Crippen LogP contribution in [0, 0.1) is 0 Å². The van der Waals surface area contributed by atoms with Crippen molar-refractivity contribution in [3.05, 3.63) is 66.0 Å². The third-order valence-corrected chi connectivity index (χ3v) is 5.72. The number of rotatable bonds is 5. The number of fused-ring (bicyclic) bond motifs is 2. The molecule has 4 aromatic rings. The number of carbonyl (C=O) groups excluding carboxylic acids is 1. The topological polar surface area (TPSA) is 82.7 Å². The Balaban J connectivity index is 1.42. The maximum absolute atomic E-state index is 12.9. The average molecular weight is 385 g/mol. The van der Waals surface area contributed by atoms with Crippen molar-refractivity contribution in [2.24, 2.45) is 0 Å². The van der Waals surface area contributed by atoms with Crippen molar-refractivity contribution >= 4 is 33.4 Å². The maximum atomic E-state index is 12.9. The molecule has 1 saturated carbocycles. The van der Waals surface area contributed by atoms with Gasteiger partial charge in [0, 0.05) is 35.2 Å². The summed E-state index contributed by atoms with van der Waals surface area (Å²) in [5.41, 5.74) is 4.54. The first-order valence-corrected chi connectivity index (χ1v) is 10.1. The van der Waals surface area contributed by atoms with E-state index in [1.54, 1.807) is 6.20 Å². The molecule has 0 aliphatic heterocycles. The van der Waals surface area contributed by atoms with E-state index in [2.05, 4.69) is 31.9 Å². The van der Waals surface area contributed by atoms with E-state index in [0.717, 1.165) is 45.9 Å². The van der Waals surface area contributed by atoms with Gasteiger partial charge in [0.15, 0.2) is 0 Å². The van der Waals surface area contributed by atoms with Crippen molar-refractivity contribution in [3.63, 3.8) is 0 Å². The number of nitrogens with zero attached hydrogens (tertiary/aromatic N) is 2. The van der Waals surface area contributed by atoms with Gasteiger partial charge in [-0.3, -0.25) is 14.9 Å². The second-order valence-electron chi connectivity index (χ2n) is 7.65. The Bertz CT molecular complexity index is 1170. The fourth-order valence-corrected chi connectivity index (χ4v) is 4.18. The second-order valence-corrected chi connectivity index (χ2v) is 7.65. The fraction of sp³-hybridized carbons (Fsp3) is 0.261. The minimum Gasteiger partial charge on any atom is -0.381 e. The molecule has 0 saturated heterocycles. The summed E-state index contributed by atoms with van der Waals surface area (Å²) in [5.74, 6) is -0.0266. The van der Waals surface area contributed by atoms with Crippen molar-refractivity contribution in [1.82, 2.24) is 20.5 Å². The summed E-state index contributed by atoms with van der Waals surface area (Å²) >= 11 is 0. The van der Waals surface area contributed by atoms with Gasteiger partial charge in [0.25, 0.3) is 5.91 Å². The van der Waals surface area contributed by atoms with Crippen LogP contribution in [0.25, 0.3) is 21.8 Å². The van der Waals surface area contributed by atoms with E-state index in [9.17, 15) is 4.79 Å². The Kier molecular flexibility index (Phi) is 4.60. The van der Waals surface area contributed by atoms with Crippen molar-refractivity contribution in [2.75, 3.05) is 5.32 Å². The number of nitrogens with one attached hydrogen (secondary N) is 3. The van der Waals surface area contributed by atoms with Crippen molar-refractivity contribution in [2.45, 2.75) is 38.3 Å². The number of hydrogen-bond acceptors (Lipinski definition) is 4. The zero-order chi connectivity index (χ0) is 19.6. The minimum absolute atomic E-state index is 0.0266. The molecule has 1 amide bonds. The number of benzene rings is 2. The average Bonchev–Trinajstić information content (AvgIpc) is 3.43. The summed E-state index contributed by atoms with van der Waals surface area (Å²) in [5, 5.41) is 15.8. The number of H-pyrrole nitrogens is 1. The zero-order valence-corrected chi connectivity index (χ0v) is 16.1. The van der Waals surface area contributed by atoms with Crippen LogP contribution in [0.5, 0.6) is 0 Å². The number of anilines is 1. The molecular formula is C23H23N5O. The van der Waals surface area contributed by atoms with Gasteiger partial charge in [0.05, 0.1) is 22.8 Å². The van der Waals surface area contributed by atoms with E-state index in [1.807, 2.05) is 42.6 Å². The van der Waals surface area contributed by atoms with E-state index in [0.29, 0.717) is 12.1 Å². The lowest BCUT2D eigenvalue weighted by Gasteiger charge is -2.14. The Morgan fingerprint density at radius 3 is 2.86 bits per heavy atom. The molecule has 5 rings (SSSR count). The molecule has 2 aromatic heterocycles. The lowest BCUT2D eigenvalue weighted by molar-refractivity contribution is 0.0939. The molecule has 0 atom stereocenters. The smallest absolute Gasteiger partial charge is 0.252 e. The SMILES string of the molecule is O=C(NC1CCCC1)c1cc(NCc2ccnc3ccccc23)cc2[nH]ncc12. The number of amides is 1. The standard InChI is InChI=1S/C23H23N5O/c29-23(27-16-5-1-2-6-16)19-11-17(12-22-20(19)14-26-28-22)25-13-15-9-10-24-21-8-4-3-7-18(15)21/h3-4,7-12,14,16,25H,1-2,5-6,13H2,(H,26,28)(H,27,29). The summed E-state index contributed by atoms with van der Waals surface area (Å²) in [7, 11) is 0. The predicted molar refractivity (Wildman–Crippen MR) is 115 cm³/mol. The van der Waals surface area contributed by atoms with Crippen LogP contribution < -0.4 is 10.6 Å². The molecular weight excluding hydrogens is 362 g/mol. The highest BCUT2D eigenvalue weighted by Crippen LogP contribution is 2.25. The molecule has 1 fully saturated rings. The quantitative estimate of drug-likeness (QED) is 0.476. The minimum atomic E-state index is -0.0266. The molecule has 2 aromatic carbocycles. The van der Waals surface area contributed by atoms with E-state index in [1.165, 1.54) is 12.8 Å². The van der Waals surface area contributed by atoms with Gasteiger partial charge in [-0.2, -0.15) is 5.10 Å². The molecule has 1 aliphatic rings. The number of pyridine rings is 1. The summed E-state index contributed by atoms with van der Waals surface area (Å²) in [6.45, 7) is 0.645. The number of aromatic amines is 1.